The van der Waals surface area contributed by atoms with Gasteiger partial charge in [-0.1, -0.05) is 83.8 Å². The third-order valence-electron chi connectivity index (χ3n) is 3.83. The Bertz CT molecular complexity index is 949. The standard InChI is InChI=1S/C18H17N5S2/c19-15(11-13-7-3-1-4-8-13)16-20-21-17-23(16)22-18(25-17)24-12-14-9-5-2-6-10-14/h1-10,15H,11-12,19H2/t15-/m0/s1. The fourth-order valence-electron chi connectivity index (χ4n) is 2.58. The van der Waals surface area contributed by atoms with Crippen LogP contribution in [0.5, 0.6) is 0 Å². The predicted molar refractivity (Wildman–Crippen MR) is 102 cm³/mol. The molecule has 2 aromatic carbocycles. The molecule has 25 heavy (non-hydrogen) atoms. The van der Waals surface area contributed by atoms with Gasteiger partial charge in [0.2, 0.25) is 4.96 Å². The predicted octanol–water partition coefficient (Wildman–Crippen LogP) is 3.72. The Hall–Kier alpha value is -2.22. The molecule has 7 heteroatoms. The number of nitrogens with two attached hydrogens (primary N) is 1. The molecule has 4 aromatic rings. The molecule has 0 saturated carbocycles. The Morgan fingerprint density at radius 3 is 2.36 bits per heavy atom. The van der Waals surface area contributed by atoms with E-state index in [-0.39, 0.29) is 6.04 Å². The fourth-order valence-corrected chi connectivity index (χ4v) is 4.42. The van der Waals surface area contributed by atoms with E-state index in [1.165, 1.54) is 11.1 Å². The van der Waals surface area contributed by atoms with Crippen LogP contribution in [0.2, 0.25) is 0 Å². The number of benzene rings is 2. The zero-order valence-corrected chi connectivity index (χ0v) is 15.1. The summed E-state index contributed by atoms with van der Waals surface area (Å²) in [6, 6.07) is 20.3. The van der Waals surface area contributed by atoms with Crippen LogP contribution in [0.1, 0.15) is 23.0 Å². The molecule has 0 aliphatic carbocycles. The summed E-state index contributed by atoms with van der Waals surface area (Å²) in [4.78, 5) is 0.786. The summed E-state index contributed by atoms with van der Waals surface area (Å²) >= 11 is 3.25. The summed E-state index contributed by atoms with van der Waals surface area (Å²) in [5.41, 5.74) is 8.80. The lowest BCUT2D eigenvalue weighted by Crippen LogP contribution is -2.17. The van der Waals surface area contributed by atoms with Gasteiger partial charge in [-0.25, -0.2) is 0 Å². The maximum absolute atomic E-state index is 6.35. The molecule has 0 aliphatic heterocycles. The molecule has 5 nitrogen and oxygen atoms in total. The van der Waals surface area contributed by atoms with Crippen LogP contribution in [-0.4, -0.2) is 19.8 Å². The first-order valence-corrected chi connectivity index (χ1v) is 9.78. The van der Waals surface area contributed by atoms with Gasteiger partial charge < -0.3 is 5.73 Å². The lowest BCUT2D eigenvalue weighted by molar-refractivity contribution is 0.635. The van der Waals surface area contributed by atoms with Crippen molar-refractivity contribution in [1.82, 2.24) is 19.8 Å². The molecule has 0 unspecified atom stereocenters. The Morgan fingerprint density at radius 1 is 0.960 bits per heavy atom. The van der Waals surface area contributed by atoms with Gasteiger partial charge in [0.05, 0.1) is 6.04 Å². The quantitative estimate of drug-likeness (QED) is 0.526. The highest BCUT2D eigenvalue weighted by atomic mass is 32.2. The lowest BCUT2D eigenvalue weighted by atomic mass is 10.1. The molecule has 0 radical (unpaired) electrons. The van der Waals surface area contributed by atoms with E-state index in [4.69, 9.17) is 5.73 Å². The molecular weight excluding hydrogens is 350 g/mol. The van der Waals surface area contributed by atoms with Crippen LogP contribution < -0.4 is 5.73 Å². The lowest BCUT2D eigenvalue weighted by Gasteiger charge is -2.08. The van der Waals surface area contributed by atoms with Gasteiger partial charge in [-0.15, -0.1) is 15.3 Å². The first kappa shape index (κ1) is 16.3. The number of aromatic nitrogens is 4. The van der Waals surface area contributed by atoms with E-state index in [0.717, 1.165) is 15.1 Å². The van der Waals surface area contributed by atoms with Crippen molar-refractivity contribution in [2.75, 3.05) is 0 Å². The second kappa shape index (κ2) is 7.35. The highest BCUT2D eigenvalue weighted by molar-refractivity contribution is 8.00. The maximum Gasteiger partial charge on any atom is 0.235 e. The molecule has 4 rings (SSSR count). The highest BCUT2D eigenvalue weighted by Crippen LogP contribution is 2.28. The smallest absolute Gasteiger partial charge is 0.235 e. The van der Waals surface area contributed by atoms with Crippen molar-refractivity contribution in [3.63, 3.8) is 0 Å². The van der Waals surface area contributed by atoms with Crippen LogP contribution in [0.4, 0.5) is 0 Å². The average Bonchev–Trinajstić information content (AvgIpc) is 3.22. The Morgan fingerprint density at radius 2 is 1.64 bits per heavy atom. The van der Waals surface area contributed by atoms with Gasteiger partial charge in [0.25, 0.3) is 0 Å². The highest BCUT2D eigenvalue weighted by Gasteiger charge is 2.18. The van der Waals surface area contributed by atoms with Gasteiger partial charge in [-0.3, -0.25) is 0 Å². The average molecular weight is 368 g/mol. The minimum atomic E-state index is -0.230. The summed E-state index contributed by atoms with van der Waals surface area (Å²) in [5.74, 6) is 1.60. The van der Waals surface area contributed by atoms with E-state index in [9.17, 15) is 0 Å². The van der Waals surface area contributed by atoms with Crippen LogP contribution in [0.15, 0.2) is 65.0 Å². The van der Waals surface area contributed by atoms with Crippen molar-refractivity contribution in [2.24, 2.45) is 5.73 Å². The first-order chi connectivity index (χ1) is 12.3. The Kier molecular flexibility index (Phi) is 4.78. The normalized spacial score (nSPS) is 12.5. The largest absolute Gasteiger partial charge is 0.321 e. The number of thioether (sulfide) groups is 1. The topological polar surface area (TPSA) is 69.1 Å². The second-order valence-corrected chi connectivity index (χ2v) is 7.87. The van der Waals surface area contributed by atoms with Gasteiger partial charge in [-0.05, 0) is 17.5 Å². The number of fused-ring (bicyclic) bond motifs is 1. The van der Waals surface area contributed by atoms with Crippen LogP contribution in [-0.2, 0) is 12.2 Å². The van der Waals surface area contributed by atoms with Crippen LogP contribution in [0.25, 0.3) is 4.96 Å². The van der Waals surface area contributed by atoms with Crippen molar-refractivity contribution < 1.29 is 0 Å². The van der Waals surface area contributed by atoms with Crippen LogP contribution in [0.3, 0.4) is 0 Å². The van der Waals surface area contributed by atoms with Crippen molar-refractivity contribution in [3.05, 3.63) is 77.6 Å². The zero-order chi connectivity index (χ0) is 17.1. The molecule has 0 fully saturated rings. The van der Waals surface area contributed by atoms with Gasteiger partial charge >= 0.3 is 0 Å². The summed E-state index contributed by atoms with van der Waals surface area (Å²) < 4.78 is 2.76. The first-order valence-electron chi connectivity index (χ1n) is 7.98. The SMILES string of the molecule is N[C@@H](Cc1ccccc1)c1nnc2sc(SCc3ccccc3)nn12. The molecule has 0 aliphatic rings. The van der Waals surface area contributed by atoms with Gasteiger partial charge in [0.15, 0.2) is 10.2 Å². The van der Waals surface area contributed by atoms with Crippen LogP contribution >= 0.6 is 23.1 Å². The number of hydrogen-bond acceptors (Lipinski definition) is 6. The number of nitrogens with zero attached hydrogens (tertiary/aromatic N) is 4. The molecule has 1 atom stereocenters. The minimum Gasteiger partial charge on any atom is -0.321 e. The minimum absolute atomic E-state index is 0.230. The summed E-state index contributed by atoms with van der Waals surface area (Å²) in [6.45, 7) is 0. The Labute approximate surface area is 153 Å². The third kappa shape index (κ3) is 3.73. The van der Waals surface area contributed by atoms with E-state index in [2.05, 4.69) is 51.7 Å². The summed E-state index contributed by atoms with van der Waals surface area (Å²) in [5, 5.41) is 13.1. The monoisotopic (exact) mass is 367 g/mol. The van der Waals surface area contributed by atoms with Crippen molar-refractivity contribution in [3.8, 4) is 0 Å². The molecule has 0 spiro atoms. The van der Waals surface area contributed by atoms with Crippen molar-refractivity contribution in [2.45, 2.75) is 22.6 Å². The molecule has 0 saturated heterocycles. The van der Waals surface area contributed by atoms with Crippen molar-refractivity contribution >= 4 is 28.1 Å². The molecule has 2 heterocycles. The van der Waals surface area contributed by atoms with Gasteiger partial charge in [-0.2, -0.15) is 4.52 Å². The van der Waals surface area contributed by atoms with Gasteiger partial charge in [0.1, 0.15) is 0 Å². The molecule has 126 valence electrons. The molecule has 2 aromatic heterocycles. The van der Waals surface area contributed by atoms with Crippen LogP contribution in [0, 0.1) is 0 Å². The van der Waals surface area contributed by atoms with Gasteiger partial charge in [0, 0.05) is 5.75 Å². The van der Waals surface area contributed by atoms with E-state index < -0.39 is 0 Å². The Balaban J connectivity index is 1.50. The fraction of sp³-hybridized carbons (Fsp3) is 0.167. The summed E-state index contributed by atoms with van der Waals surface area (Å²) in [6.07, 6.45) is 0.714. The van der Waals surface area contributed by atoms with Crippen molar-refractivity contribution in [1.29, 1.82) is 0 Å². The molecule has 0 amide bonds. The number of rotatable bonds is 6. The molecule has 0 bridgehead atoms. The third-order valence-corrected chi connectivity index (χ3v) is 5.93. The van der Waals surface area contributed by atoms with E-state index in [1.54, 1.807) is 27.6 Å². The number of hydrogen-bond donors (Lipinski definition) is 1. The maximum atomic E-state index is 6.35. The molecule has 2 N–H and O–H groups in total. The molecular formula is C18H17N5S2. The van der Waals surface area contributed by atoms with E-state index in [0.29, 0.717) is 12.2 Å². The van der Waals surface area contributed by atoms with E-state index in [1.807, 2.05) is 24.3 Å². The zero-order valence-electron chi connectivity index (χ0n) is 13.4. The summed E-state index contributed by atoms with van der Waals surface area (Å²) in [7, 11) is 0. The second-order valence-electron chi connectivity index (χ2n) is 5.69. The van der Waals surface area contributed by atoms with E-state index >= 15 is 0 Å².